The van der Waals surface area contributed by atoms with E-state index in [4.69, 9.17) is 4.74 Å². The van der Waals surface area contributed by atoms with Gasteiger partial charge in [-0.25, -0.2) is 0 Å². The van der Waals surface area contributed by atoms with Crippen molar-refractivity contribution in [3.63, 3.8) is 0 Å². The van der Waals surface area contributed by atoms with Gasteiger partial charge in [-0.2, -0.15) is 0 Å². The minimum absolute atomic E-state index is 0.563. The van der Waals surface area contributed by atoms with Crippen LogP contribution in [0.5, 0.6) is 0 Å². The van der Waals surface area contributed by atoms with Crippen LogP contribution in [0.4, 0.5) is 0 Å². The normalized spacial score (nSPS) is 42.3. The fourth-order valence-corrected chi connectivity index (χ4v) is 3.91. The molecule has 2 aliphatic heterocycles. The highest BCUT2D eigenvalue weighted by Gasteiger charge is 2.44. The Morgan fingerprint density at radius 3 is 2.72 bits per heavy atom. The van der Waals surface area contributed by atoms with Crippen molar-refractivity contribution < 1.29 is 4.74 Å². The van der Waals surface area contributed by atoms with Crippen LogP contribution in [0.25, 0.3) is 0 Å². The summed E-state index contributed by atoms with van der Waals surface area (Å²) in [5, 5.41) is 3.63. The Morgan fingerprint density at radius 1 is 1.22 bits per heavy atom. The van der Waals surface area contributed by atoms with E-state index in [-0.39, 0.29) is 0 Å². The summed E-state index contributed by atoms with van der Waals surface area (Å²) >= 11 is 0. The smallest absolute Gasteiger partial charge is 0.0759 e. The van der Waals surface area contributed by atoms with Crippen LogP contribution in [-0.4, -0.2) is 49.3 Å². The third kappa shape index (κ3) is 2.59. The zero-order valence-corrected chi connectivity index (χ0v) is 11.9. The van der Waals surface area contributed by atoms with Gasteiger partial charge in [0.1, 0.15) is 0 Å². The van der Waals surface area contributed by atoms with Gasteiger partial charge in [0.2, 0.25) is 0 Å². The molecule has 0 aromatic heterocycles. The van der Waals surface area contributed by atoms with E-state index in [9.17, 15) is 0 Å². The van der Waals surface area contributed by atoms with Crippen molar-refractivity contribution in [2.45, 2.75) is 57.7 Å². The van der Waals surface area contributed by atoms with Gasteiger partial charge in [-0.15, -0.1) is 0 Å². The number of nitrogens with one attached hydrogen (secondary N) is 1. The first-order valence-electron chi connectivity index (χ1n) is 7.88. The zero-order valence-electron chi connectivity index (χ0n) is 11.9. The first-order chi connectivity index (χ1) is 8.79. The summed E-state index contributed by atoms with van der Waals surface area (Å²) in [5.74, 6) is 1.67. The molecule has 1 N–H and O–H groups in total. The molecule has 3 heteroatoms. The van der Waals surface area contributed by atoms with Crippen LogP contribution < -0.4 is 5.32 Å². The van der Waals surface area contributed by atoms with Crippen LogP contribution in [0.15, 0.2) is 0 Å². The Kier molecular flexibility index (Phi) is 3.92. The second-order valence-corrected chi connectivity index (χ2v) is 6.45. The molecule has 0 bridgehead atoms. The number of hydrogen-bond acceptors (Lipinski definition) is 3. The molecule has 0 radical (unpaired) electrons. The maximum atomic E-state index is 6.00. The van der Waals surface area contributed by atoms with Crippen molar-refractivity contribution in [1.82, 2.24) is 10.2 Å². The molecule has 4 unspecified atom stereocenters. The Hall–Kier alpha value is -0.120. The molecule has 3 rings (SSSR count). The Morgan fingerprint density at radius 2 is 2.06 bits per heavy atom. The number of hydrogen-bond donors (Lipinski definition) is 1. The number of nitrogens with zero attached hydrogens (tertiary/aromatic N) is 1. The maximum absolute atomic E-state index is 6.00. The molecule has 4 atom stereocenters. The number of likely N-dealkylation sites (tertiary alicyclic amines) is 1. The lowest BCUT2D eigenvalue weighted by molar-refractivity contribution is 0.0252. The summed E-state index contributed by atoms with van der Waals surface area (Å²) in [7, 11) is 0. The second kappa shape index (κ2) is 5.48. The molecule has 0 aromatic rings. The quantitative estimate of drug-likeness (QED) is 0.827. The van der Waals surface area contributed by atoms with Gasteiger partial charge < -0.3 is 10.1 Å². The monoisotopic (exact) mass is 252 g/mol. The summed E-state index contributed by atoms with van der Waals surface area (Å²) in [5.41, 5.74) is 0. The molecule has 3 fully saturated rings. The minimum atomic E-state index is 0.563. The number of rotatable bonds is 4. The summed E-state index contributed by atoms with van der Waals surface area (Å²) in [6, 6.07) is 1.45. The summed E-state index contributed by atoms with van der Waals surface area (Å²) in [6.45, 7) is 9.24. The Labute approximate surface area is 111 Å². The molecular weight excluding hydrogens is 224 g/mol. The van der Waals surface area contributed by atoms with E-state index < -0.39 is 0 Å². The molecule has 0 aromatic carbocycles. The van der Waals surface area contributed by atoms with Gasteiger partial charge in [0.15, 0.2) is 0 Å². The van der Waals surface area contributed by atoms with E-state index in [2.05, 4.69) is 24.1 Å². The van der Waals surface area contributed by atoms with E-state index in [1.807, 2.05) is 0 Å². The van der Waals surface area contributed by atoms with Crippen LogP contribution in [0.3, 0.4) is 0 Å². The molecule has 2 heterocycles. The first kappa shape index (κ1) is 12.9. The largest absolute Gasteiger partial charge is 0.376 e. The molecule has 2 saturated heterocycles. The maximum Gasteiger partial charge on any atom is 0.0759 e. The van der Waals surface area contributed by atoms with Gasteiger partial charge in [-0.3, -0.25) is 4.90 Å². The van der Waals surface area contributed by atoms with Gasteiger partial charge in [-0.1, -0.05) is 13.8 Å². The molecule has 0 spiro atoms. The van der Waals surface area contributed by atoms with E-state index in [1.54, 1.807) is 0 Å². The van der Waals surface area contributed by atoms with Gasteiger partial charge in [0.05, 0.1) is 6.10 Å². The molecule has 3 aliphatic rings. The van der Waals surface area contributed by atoms with Crippen LogP contribution in [-0.2, 0) is 4.74 Å². The first-order valence-corrected chi connectivity index (χ1v) is 7.88. The molecule has 3 nitrogen and oxygen atoms in total. The highest BCUT2D eigenvalue weighted by molar-refractivity contribution is 4.97. The van der Waals surface area contributed by atoms with Crippen molar-refractivity contribution >= 4 is 0 Å². The van der Waals surface area contributed by atoms with Crippen molar-refractivity contribution in [3.8, 4) is 0 Å². The third-order valence-electron chi connectivity index (χ3n) is 5.06. The van der Waals surface area contributed by atoms with Crippen molar-refractivity contribution in [1.29, 1.82) is 0 Å². The molecule has 104 valence electrons. The second-order valence-electron chi connectivity index (χ2n) is 6.45. The van der Waals surface area contributed by atoms with E-state index >= 15 is 0 Å². The summed E-state index contributed by atoms with van der Waals surface area (Å²) in [4.78, 5) is 2.73. The van der Waals surface area contributed by atoms with E-state index in [0.29, 0.717) is 6.10 Å². The lowest BCUT2D eigenvalue weighted by atomic mass is 9.91. The molecular formula is C15H28N2O. The predicted octanol–water partition coefficient (Wildman–Crippen LogP) is 1.87. The minimum Gasteiger partial charge on any atom is -0.376 e. The average molecular weight is 252 g/mol. The predicted molar refractivity (Wildman–Crippen MR) is 73.7 cm³/mol. The lowest BCUT2D eigenvalue weighted by Crippen LogP contribution is -2.53. The standard InChI is InChI=1S/C15H28N2O/c1-3-16-13-6-8-17(10-11(13)2)14-7-9-18-15(14)12-4-5-12/h11-16H,3-10H2,1-2H3. The highest BCUT2D eigenvalue weighted by atomic mass is 16.5. The average Bonchev–Trinajstić information content (AvgIpc) is 3.10. The van der Waals surface area contributed by atoms with Gasteiger partial charge in [0.25, 0.3) is 0 Å². The Bertz CT molecular complexity index is 280. The van der Waals surface area contributed by atoms with E-state index in [1.165, 1.54) is 38.8 Å². The molecule has 18 heavy (non-hydrogen) atoms. The summed E-state index contributed by atoms with van der Waals surface area (Å²) < 4.78 is 6.00. The third-order valence-corrected chi connectivity index (χ3v) is 5.06. The Balaban J connectivity index is 1.57. The van der Waals surface area contributed by atoms with Crippen molar-refractivity contribution in [3.05, 3.63) is 0 Å². The molecule has 1 saturated carbocycles. The summed E-state index contributed by atoms with van der Waals surface area (Å²) in [6.07, 6.45) is 5.95. The number of ether oxygens (including phenoxy) is 1. The van der Waals surface area contributed by atoms with Crippen LogP contribution in [0.2, 0.25) is 0 Å². The fraction of sp³-hybridized carbons (Fsp3) is 1.00. The van der Waals surface area contributed by atoms with Crippen molar-refractivity contribution in [2.24, 2.45) is 11.8 Å². The highest BCUT2D eigenvalue weighted by Crippen LogP contribution is 2.41. The van der Waals surface area contributed by atoms with Gasteiger partial charge >= 0.3 is 0 Å². The van der Waals surface area contributed by atoms with Crippen LogP contribution in [0.1, 0.15) is 39.5 Å². The van der Waals surface area contributed by atoms with E-state index in [0.717, 1.165) is 37.1 Å². The van der Waals surface area contributed by atoms with Gasteiger partial charge in [0, 0.05) is 31.8 Å². The molecule has 0 amide bonds. The van der Waals surface area contributed by atoms with Crippen LogP contribution >= 0.6 is 0 Å². The zero-order chi connectivity index (χ0) is 12.5. The molecule has 1 aliphatic carbocycles. The topological polar surface area (TPSA) is 24.5 Å². The lowest BCUT2D eigenvalue weighted by Gasteiger charge is -2.41. The SMILES string of the molecule is CCNC1CCN(C2CCOC2C2CC2)CC1C. The number of piperidine rings is 1. The van der Waals surface area contributed by atoms with Crippen molar-refractivity contribution in [2.75, 3.05) is 26.2 Å². The van der Waals surface area contributed by atoms with Crippen LogP contribution in [0, 0.1) is 11.8 Å². The van der Waals surface area contributed by atoms with Gasteiger partial charge in [-0.05, 0) is 44.1 Å². The fourth-order valence-electron chi connectivity index (χ4n) is 3.91.